The number of benzene rings is 2. The smallest absolute Gasteiger partial charge is 0.0556 e. The van der Waals surface area contributed by atoms with Crippen LogP contribution in [0, 0.1) is 6.92 Å². The molecular weight excluding hydrogens is 250 g/mol. The van der Waals surface area contributed by atoms with Gasteiger partial charge in [0, 0.05) is 12.2 Å². The van der Waals surface area contributed by atoms with E-state index in [2.05, 4.69) is 59.9 Å². The lowest BCUT2D eigenvalue weighted by molar-refractivity contribution is 0.694. The van der Waals surface area contributed by atoms with Crippen molar-refractivity contribution in [1.29, 1.82) is 0 Å². The average molecular weight is 267 g/mol. The Hall–Kier alpha value is -1.41. The van der Waals surface area contributed by atoms with Crippen molar-refractivity contribution < 1.29 is 0 Å². The van der Waals surface area contributed by atoms with Crippen LogP contribution in [0.3, 0.4) is 0 Å². The van der Waals surface area contributed by atoms with Gasteiger partial charge in [0.1, 0.15) is 0 Å². The molecule has 1 aliphatic heterocycles. The van der Waals surface area contributed by atoms with E-state index in [1.165, 1.54) is 34.4 Å². The maximum absolute atomic E-state index is 2.51. The number of hydrogen-bond donors (Lipinski definition) is 0. The molecule has 0 bridgehead atoms. The van der Waals surface area contributed by atoms with E-state index in [1.807, 2.05) is 11.9 Å². The summed E-state index contributed by atoms with van der Waals surface area (Å²) < 4.78 is 2.51. The quantitative estimate of drug-likeness (QED) is 0.714. The number of rotatable bonds is 1. The first-order chi connectivity index (χ1) is 9.29. The van der Waals surface area contributed by atoms with E-state index in [4.69, 9.17) is 0 Å². The molecule has 0 spiro atoms. The number of hydrogen-bond acceptors (Lipinski definition) is 2. The van der Waals surface area contributed by atoms with Crippen molar-refractivity contribution in [1.82, 2.24) is 0 Å². The molecular formula is C17H17NS. The Morgan fingerprint density at radius 1 is 1.11 bits per heavy atom. The van der Waals surface area contributed by atoms with Crippen molar-refractivity contribution in [2.24, 2.45) is 0 Å². The second-order valence-corrected chi connectivity index (χ2v) is 6.28. The zero-order valence-corrected chi connectivity index (χ0v) is 12.1. The lowest BCUT2D eigenvalue weighted by atomic mass is 9.92. The molecule has 2 atom stereocenters. The molecule has 2 aromatic carbocycles. The van der Waals surface area contributed by atoms with E-state index < -0.39 is 0 Å². The summed E-state index contributed by atoms with van der Waals surface area (Å²) in [6.45, 7) is 2.19. The van der Waals surface area contributed by atoms with Gasteiger partial charge in [-0.15, -0.1) is 0 Å². The Morgan fingerprint density at radius 2 is 1.95 bits per heavy atom. The molecule has 0 fully saturated rings. The molecule has 96 valence electrons. The molecule has 0 amide bonds. The number of fused-ring (bicyclic) bond motifs is 5. The van der Waals surface area contributed by atoms with E-state index in [0.29, 0.717) is 12.0 Å². The van der Waals surface area contributed by atoms with Gasteiger partial charge in [0.05, 0.1) is 11.7 Å². The van der Waals surface area contributed by atoms with Crippen LogP contribution in [-0.4, -0.2) is 12.3 Å². The van der Waals surface area contributed by atoms with Gasteiger partial charge in [-0.3, -0.25) is 0 Å². The van der Waals surface area contributed by atoms with Crippen LogP contribution >= 0.6 is 11.9 Å². The summed E-state index contributed by atoms with van der Waals surface area (Å²) in [7, 11) is 0. The van der Waals surface area contributed by atoms with E-state index in [0.717, 1.165) is 0 Å². The van der Waals surface area contributed by atoms with Gasteiger partial charge in [0.25, 0.3) is 0 Å². The predicted molar refractivity (Wildman–Crippen MR) is 83.0 cm³/mol. The fourth-order valence-electron chi connectivity index (χ4n) is 3.70. The Labute approximate surface area is 118 Å². The summed E-state index contributed by atoms with van der Waals surface area (Å²) in [5.41, 5.74) is 7.37. The molecule has 0 aromatic heterocycles. The van der Waals surface area contributed by atoms with E-state index in [1.54, 1.807) is 0 Å². The molecule has 2 unspecified atom stereocenters. The summed E-state index contributed by atoms with van der Waals surface area (Å²) in [5.74, 6) is 0.568. The van der Waals surface area contributed by atoms with Gasteiger partial charge >= 0.3 is 0 Å². The molecule has 1 heterocycles. The molecule has 4 rings (SSSR count). The molecule has 1 aliphatic carbocycles. The lowest BCUT2D eigenvalue weighted by Crippen LogP contribution is -2.26. The Bertz CT molecular complexity index is 649. The molecule has 0 N–H and O–H groups in total. The standard InChI is InChI=1S/C17H17NS/c1-11-7-8-15-14(9-11)17-13-6-4-3-5-12(13)10-16(17)18(15)19-2/h3-9,16-17H,10H2,1-2H3. The zero-order valence-electron chi connectivity index (χ0n) is 11.3. The zero-order chi connectivity index (χ0) is 13.0. The molecule has 1 nitrogen and oxygen atoms in total. The van der Waals surface area contributed by atoms with Crippen molar-refractivity contribution in [3.05, 3.63) is 64.7 Å². The SMILES string of the molecule is CSN1c2ccc(C)cc2C2c3ccccc3CC21. The second kappa shape index (κ2) is 4.04. The first kappa shape index (κ1) is 11.4. The van der Waals surface area contributed by atoms with Crippen LogP contribution < -0.4 is 4.31 Å². The van der Waals surface area contributed by atoms with Crippen molar-refractivity contribution in [2.45, 2.75) is 25.3 Å². The van der Waals surface area contributed by atoms with Crippen LogP contribution in [0.4, 0.5) is 5.69 Å². The maximum atomic E-state index is 2.51. The number of nitrogens with zero attached hydrogens (tertiary/aromatic N) is 1. The highest BCUT2D eigenvalue weighted by molar-refractivity contribution is 8.00. The molecule has 0 radical (unpaired) electrons. The summed E-state index contributed by atoms with van der Waals surface area (Å²) in [4.78, 5) is 0. The summed E-state index contributed by atoms with van der Waals surface area (Å²) in [6, 6.07) is 16.5. The highest BCUT2D eigenvalue weighted by Crippen LogP contribution is 2.52. The first-order valence-electron chi connectivity index (χ1n) is 6.81. The number of aryl methyl sites for hydroxylation is 1. The van der Waals surface area contributed by atoms with Gasteiger partial charge in [-0.1, -0.05) is 53.9 Å². The average Bonchev–Trinajstić information content (AvgIpc) is 2.92. The normalized spacial score (nSPS) is 23.2. The summed E-state index contributed by atoms with van der Waals surface area (Å²) >= 11 is 1.86. The monoisotopic (exact) mass is 267 g/mol. The summed E-state index contributed by atoms with van der Waals surface area (Å²) in [5, 5.41) is 0. The minimum atomic E-state index is 0.568. The van der Waals surface area contributed by atoms with Crippen LogP contribution in [-0.2, 0) is 6.42 Å². The van der Waals surface area contributed by atoms with Crippen LogP contribution in [0.5, 0.6) is 0 Å². The predicted octanol–water partition coefficient (Wildman–Crippen LogP) is 4.15. The highest BCUT2D eigenvalue weighted by Gasteiger charge is 2.44. The van der Waals surface area contributed by atoms with Crippen LogP contribution in [0.25, 0.3) is 0 Å². The Balaban J connectivity index is 1.93. The fraction of sp³-hybridized carbons (Fsp3) is 0.294. The third kappa shape index (κ3) is 1.50. The summed E-state index contributed by atoms with van der Waals surface area (Å²) in [6.07, 6.45) is 3.37. The third-order valence-electron chi connectivity index (χ3n) is 4.46. The van der Waals surface area contributed by atoms with Gasteiger partial charge in [0.2, 0.25) is 0 Å². The minimum Gasteiger partial charge on any atom is -0.312 e. The van der Waals surface area contributed by atoms with Crippen molar-refractivity contribution in [2.75, 3.05) is 10.6 Å². The molecule has 2 aromatic rings. The van der Waals surface area contributed by atoms with Crippen LogP contribution in [0.1, 0.15) is 28.2 Å². The van der Waals surface area contributed by atoms with Crippen molar-refractivity contribution in [3.8, 4) is 0 Å². The highest BCUT2D eigenvalue weighted by atomic mass is 32.2. The minimum absolute atomic E-state index is 0.568. The van der Waals surface area contributed by atoms with Crippen molar-refractivity contribution >= 4 is 17.6 Å². The third-order valence-corrected chi connectivity index (χ3v) is 5.32. The van der Waals surface area contributed by atoms with Gasteiger partial charge < -0.3 is 4.31 Å². The van der Waals surface area contributed by atoms with Crippen molar-refractivity contribution in [3.63, 3.8) is 0 Å². The van der Waals surface area contributed by atoms with Gasteiger partial charge in [0.15, 0.2) is 0 Å². The van der Waals surface area contributed by atoms with Crippen LogP contribution in [0.2, 0.25) is 0 Å². The lowest BCUT2D eigenvalue weighted by Gasteiger charge is -2.23. The number of anilines is 1. The molecule has 2 aliphatic rings. The maximum Gasteiger partial charge on any atom is 0.0556 e. The van der Waals surface area contributed by atoms with Gasteiger partial charge in [-0.25, -0.2) is 0 Å². The van der Waals surface area contributed by atoms with Crippen LogP contribution in [0.15, 0.2) is 42.5 Å². The Morgan fingerprint density at radius 3 is 2.79 bits per heavy atom. The topological polar surface area (TPSA) is 3.24 Å². The molecule has 0 saturated heterocycles. The van der Waals surface area contributed by atoms with E-state index in [-0.39, 0.29) is 0 Å². The largest absolute Gasteiger partial charge is 0.312 e. The van der Waals surface area contributed by atoms with E-state index in [9.17, 15) is 0 Å². The molecule has 19 heavy (non-hydrogen) atoms. The van der Waals surface area contributed by atoms with Gasteiger partial charge in [-0.2, -0.15) is 0 Å². The molecule has 2 heteroatoms. The fourth-order valence-corrected chi connectivity index (χ4v) is 4.53. The Kier molecular flexibility index (Phi) is 2.43. The first-order valence-corrected chi connectivity index (χ1v) is 7.99. The molecule has 0 saturated carbocycles. The second-order valence-electron chi connectivity index (χ2n) is 5.52. The van der Waals surface area contributed by atoms with E-state index >= 15 is 0 Å². The van der Waals surface area contributed by atoms with Gasteiger partial charge in [-0.05, 0) is 36.1 Å².